The molecule has 0 fully saturated rings. The fourth-order valence-electron chi connectivity index (χ4n) is 1.53. The molecule has 0 aliphatic heterocycles. The van der Waals surface area contributed by atoms with Crippen LogP contribution < -0.4 is 5.63 Å². The van der Waals surface area contributed by atoms with Crippen LogP contribution in [0.1, 0.15) is 17.3 Å². The van der Waals surface area contributed by atoms with E-state index < -0.39 is 11.6 Å². The molecule has 0 N–H and O–H groups in total. The summed E-state index contributed by atoms with van der Waals surface area (Å²) in [6, 6.07) is 12.2. The maximum absolute atomic E-state index is 11.7. The molecule has 0 spiro atoms. The van der Waals surface area contributed by atoms with Crippen LogP contribution in [0.15, 0.2) is 51.7 Å². The summed E-state index contributed by atoms with van der Waals surface area (Å²) in [5, 5.41) is 0. The Balaban J connectivity index is 2.37. The summed E-state index contributed by atoms with van der Waals surface area (Å²) in [6.07, 6.45) is 0. The predicted molar refractivity (Wildman–Crippen MR) is 66.4 cm³/mol. The molecule has 4 heteroatoms. The quantitative estimate of drug-likeness (QED) is 0.778. The van der Waals surface area contributed by atoms with Gasteiger partial charge in [0, 0.05) is 5.56 Å². The van der Waals surface area contributed by atoms with Gasteiger partial charge in [0.2, 0.25) is 0 Å². The lowest BCUT2D eigenvalue weighted by atomic mass is 10.1. The first-order valence-corrected chi connectivity index (χ1v) is 5.59. The minimum Gasteiger partial charge on any atom is -0.462 e. The monoisotopic (exact) mass is 244 g/mol. The summed E-state index contributed by atoms with van der Waals surface area (Å²) in [7, 11) is 0. The average Bonchev–Trinajstić information content (AvgIpc) is 2.40. The Morgan fingerprint density at radius 1 is 1.17 bits per heavy atom. The zero-order chi connectivity index (χ0) is 13.0. The van der Waals surface area contributed by atoms with Crippen molar-refractivity contribution in [2.24, 2.45) is 0 Å². The second kappa shape index (κ2) is 5.31. The molecule has 1 heterocycles. The Labute approximate surface area is 104 Å². The van der Waals surface area contributed by atoms with Crippen molar-refractivity contribution in [2.45, 2.75) is 6.92 Å². The van der Waals surface area contributed by atoms with Crippen molar-refractivity contribution in [3.8, 4) is 11.3 Å². The van der Waals surface area contributed by atoms with E-state index in [2.05, 4.69) is 0 Å². The molecule has 0 unspecified atom stereocenters. The summed E-state index contributed by atoms with van der Waals surface area (Å²) in [4.78, 5) is 23.1. The Morgan fingerprint density at radius 2 is 1.89 bits per heavy atom. The molecule has 0 bridgehead atoms. The van der Waals surface area contributed by atoms with E-state index in [9.17, 15) is 9.59 Å². The Hall–Kier alpha value is -2.36. The molecule has 2 rings (SSSR count). The van der Waals surface area contributed by atoms with Gasteiger partial charge in [0.25, 0.3) is 0 Å². The predicted octanol–water partition coefficient (Wildman–Crippen LogP) is 2.48. The molecule has 1 aromatic heterocycles. The number of esters is 1. The fourth-order valence-corrected chi connectivity index (χ4v) is 1.53. The lowest BCUT2D eigenvalue weighted by molar-refractivity contribution is 0.0521. The SMILES string of the molecule is CCOC(=O)c1ccc(-c2ccccc2)oc1=O. The van der Waals surface area contributed by atoms with Crippen molar-refractivity contribution >= 4 is 5.97 Å². The van der Waals surface area contributed by atoms with Gasteiger partial charge in [-0.1, -0.05) is 30.3 Å². The third kappa shape index (κ3) is 2.48. The number of carbonyl (C=O) groups excluding carboxylic acids is 1. The number of benzene rings is 1. The Morgan fingerprint density at radius 3 is 2.50 bits per heavy atom. The molecule has 0 aliphatic rings. The number of hydrogen-bond donors (Lipinski definition) is 0. The fraction of sp³-hybridized carbons (Fsp3) is 0.143. The van der Waals surface area contributed by atoms with Gasteiger partial charge in [-0.3, -0.25) is 0 Å². The Kier molecular flexibility index (Phi) is 3.57. The molecule has 92 valence electrons. The molecule has 0 saturated carbocycles. The van der Waals surface area contributed by atoms with Gasteiger partial charge >= 0.3 is 11.6 Å². The number of rotatable bonds is 3. The van der Waals surface area contributed by atoms with Crippen LogP contribution >= 0.6 is 0 Å². The highest BCUT2D eigenvalue weighted by molar-refractivity contribution is 5.89. The zero-order valence-electron chi connectivity index (χ0n) is 9.88. The minimum atomic E-state index is -0.685. The van der Waals surface area contributed by atoms with Crippen LogP contribution in [0.4, 0.5) is 0 Å². The van der Waals surface area contributed by atoms with E-state index in [0.29, 0.717) is 5.76 Å². The summed E-state index contributed by atoms with van der Waals surface area (Å²) in [5.41, 5.74) is 0.0105. The largest absolute Gasteiger partial charge is 0.462 e. The van der Waals surface area contributed by atoms with Gasteiger partial charge < -0.3 is 9.15 Å². The van der Waals surface area contributed by atoms with E-state index in [1.165, 1.54) is 6.07 Å². The van der Waals surface area contributed by atoms with Crippen LogP contribution in [0, 0.1) is 0 Å². The van der Waals surface area contributed by atoms with Gasteiger partial charge in [0.05, 0.1) is 6.61 Å². The van der Waals surface area contributed by atoms with Crippen LogP contribution in [0.5, 0.6) is 0 Å². The lowest BCUT2D eigenvalue weighted by Crippen LogP contribution is -2.16. The van der Waals surface area contributed by atoms with Gasteiger partial charge in [-0.05, 0) is 19.1 Å². The molecule has 0 aliphatic carbocycles. The molecular formula is C14H12O4. The molecule has 0 atom stereocenters. The van der Waals surface area contributed by atoms with Crippen molar-refractivity contribution in [3.05, 3.63) is 58.4 Å². The molecule has 4 nitrogen and oxygen atoms in total. The number of carbonyl (C=O) groups is 1. The number of ether oxygens (including phenoxy) is 1. The zero-order valence-corrected chi connectivity index (χ0v) is 9.88. The third-order valence-corrected chi connectivity index (χ3v) is 2.38. The first kappa shape index (κ1) is 12.1. The molecule has 0 saturated heterocycles. The van der Waals surface area contributed by atoms with Crippen LogP contribution in [0.2, 0.25) is 0 Å². The van der Waals surface area contributed by atoms with Gasteiger partial charge in [-0.2, -0.15) is 0 Å². The highest BCUT2D eigenvalue weighted by Gasteiger charge is 2.13. The molecular weight excluding hydrogens is 232 g/mol. The molecule has 0 radical (unpaired) electrons. The lowest BCUT2D eigenvalue weighted by Gasteiger charge is -2.02. The third-order valence-electron chi connectivity index (χ3n) is 2.38. The molecule has 2 aromatic rings. The first-order chi connectivity index (χ1) is 8.72. The van der Waals surface area contributed by atoms with Crippen LogP contribution in [-0.4, -0.2) is 12.6 Å². The first-order valence-electron chi connectivity index (χ1n) is 5.59. The van der Waals surface area contributed by atoms with E-state index in [0.717, 1.165) is 5.56 Å². The normalized spacial score (nSPS) is 10.1. The van der Waals surface area contributed by atoms with Crippen molar-refractivity contribution in [3.63, 3.8) is 0 Å². The van der Waals surface area contributed by atoms with Gasteiger partial charge in [-0.15, -0.1) is 0 Å². The van der Waals surface area contributed by atoms with Crippen molar-refractivity contribution in [1.82, 2.24) is 0 Å². The van der Waals surface area contributed by atoms with E-state index in [-0.39, 0.29) is 12.2 Å². The summed E-state index contributed by atoms with van der Waals surface area (Å²) in [5.74, 6) is -0.237. The van der Waals surface area contributed by atoms with E-state index in [1.54, 1.807) is 13.0 Å². The van der Waals surface area contributed by atoms with Gasteiger partial charge in [-0.25, -0.2) is 9.59 Å². The smallest absolute Gasteiger partial charge is 0.350 e. The summed E-state index contributed by atoms with van der Waals surface area (Å²) >= 11 is 0. The van der Waals surface area contributed by atoms with Crippen molar-refractivity contribution in [2.75, 3.05) is 6.61 Å². The minimum absolute atomic E-state index is 0.0865. The van der Waals surface area contributed by atoms with E-state index >= 15 is 0 Å². The van der Waals surface area contributed by atoms with Crippen LogP contribution in [-0.2, 0) is 4.74 Å². The second-order valence-corrected chi connectivity index (χ2v) is 3.59. The van der Waals surface area contributed by atoms with Crippen LogP contribution in [0.25, 0.3) is 11.3 Å². The second-order valence-electron chi connectivity index (χ2n) is 3.59. The van der Waals surface area contributed by atoms with Gasteiger partial charge in [0.15, 0.2) is 0 Å². The van der Waals surface area contributed by atoms with Crippen molar-refractivity contribution < 1.29 is 13.9 Å². The summed E-state index contributed by atoms with van der Waals surface area (Å²) < 4.78 is 9.86. The number of hydrogen-bond acceptors (Lipinski definition) is 4. The van der Waals surface area contributed by atoms with Gasteiger partial charge in [0.1, 0.15) is 11.3 Å². The van der Waals surface area contributed by atoms with E-state index in [1.807, 2.05) is 30.3 Å². The topological polar surface area (TPSA) is 56.5 Å². The maximum Gasteiger partial charge on any atom is 0.350 e. The molecule has 0 amide bonds. The standard InChI is InChI=1S/C14H12O4/c1-2-17-13(15)11-8-9-12(18-14(11)16)10-6-4-3-5-7-10/h3-9H,2H2,1H3. The highest BCUT2D eigenvalue weighted by atomic mass is 16.5. The van der Waals surface area contributed by atoms with Crippen LogP contribution in [0.3, 0.4) is 0 Å². The highest BCUT2D eigenvalue weighted by Crippen LogP contribution is 2.17. The average molecular weight is 244 g/mol. The summed E-state index contributed by atoms with van der Waals surface area (Å²) in [6.45, 7) is 1.90. The van der Waals surface area contributed by atoms with E-state index in [4.69, 9.17) is 9.15 Å². The Bertz CT molecular complexity index is 599. The molecule has 18 heavy (non-hydrogen) atoms. The molecule has 1 aromatic carbocycles. The maximum atomic E-state index is 11.7. The van der Waals surface area contributed by atoms with Crippen molar-refractivity contribution in [1.29, 1.82) is 0 Å².